The second kappa shape index (κ2) is 10.7. The quantitative estimate of drug-likeness (QED) is 0.347. The Morgan fingerprint density at radius 1 is 0.814 bits per heavy atom. The summed E-state index contributed by atoms with van der Waals surface area (Å²) in [5.41, 5.74) is 5.61. The highest BCUT2D eigenvalue weighted by molar-refractivity contribution is 5.84. The summed E-state index contributed by atoms with van der Waals surface area (Å²) in [5.74, 6) is 1.77. The zero-order chi connectivity index (χ0) is 31.0. The third-order valence-electron chi connectivity index (χ3n) is 14.7. The van der Waals surface area contributed by atoms with E-state index in [1.807, 2.05) is 0 Å². The van der Waals surface area contributed by atoms with Gasteiger partial charge in [-0.15, -0.1) is 0 Å². The first kappa shape index (κ1) is 31.4. The van der Waals surface area contributed by atoms with Crippen molar-refractivity contribution >= 4 is 17.8 Å². The number of piperidine rings is 1. The Labute approximate surface area is 259 Å². The van der Waals surface area contributed by atoms with Crippen LogP contribution in [-0.4, -0.2) is 52.6 Å². The molecule has 1 heterocycles. The predicted octanol–water partition coefficient (Wildman–Crippen LogP) is 6.57. The van der Waals surface area contributed by atoms with Gasteiger partial charge >= 0.3 is 11.9 Å². The maximum Gasteiger partial charge on any atom is 0.309 e. The molecule has 5 aliphatic carbocycles. The highest BCUT2D eigenvalue weighted by Gasteiger charge is 2.68. The molecule has 7 nitrogen and oxygen atoms in total. The summed E-state index contributed by atoms with van der Waals surface area (Å²) >= 11 is 0. The third kappa shape index (κ3) is 4.79. The second-order valence-electron chi connectivity index (χ2n) is 17.3. The molecule has 0 bridgehead atoms. The number of nitrogens with two attached hydrogens (primary N) is 1. The van der Waals surface area contributed by atoms with Crippen molar-refractivity contribution in [1.29, 1.82) is 0 Å². The minimum absolute atomic E-state index is 0.0819. The van der Waals surface area contributed by atoms with Crippen LogP contribution >= 0.6 is 0 Å². The summed E-state index contributed by atoms with van der Waals surface area (Å²) in [6.07, 6.45) is 15.2. The SMILES string of the molecule is CC(C)(CC(=O)OC1CCC2(C)C(CCC3(C)C4CCC5(C(=O)N6CCCCC6)CCCC5C4CCC32)C1(C)N)C(=O)O. The number of nitrogens with zero attached hydrogens (tertiary/aromatic N) is 1. The number of amides is 1. The molecule has 7 heteroatoms. The third-order valence-corrected chi connectivity index (χ3v) is 14.7. The fraction of sp³-hybridized carbons (Fsp3) is 0.917. The molecule has 1 saturated heterocycles. The molecular weight excluding hydrogens is 540 g/mol. The van der Waals surface area contributed by atoms with Crippen molar-refractivity contribution in [3.05, 3.63) is 0 Å². The van der Waals surface area contributed by atoms with Gasteiger partial charge < -0.3 is 20.5 Å². The molecule has 5 saturated carbocycles. The number of fused-ring (bicyclic) bond motifs is 7. The van der Waals surface area contributed by atoms with Gasteiger partial charge in [0.15, 0.2) is 0 Å². The Morgan fingerprint density at radius 3 is 2.21 bits per heavy atom. The molecule has 0 radical (unpaired) electrons. The lowest BCUT2D eigenvalue weighted by atomic mass is 9.37. The number of hydrogen-bond donors (Lipinski definition) is 2. The van der Waals surface area contributed by atoms with E-state index in [2.05, 4.69) is 25.7 Å². The van der Waals surface area contributed by atoms with E-state index >= 15 is 0 Å². The Kier molecular flexibility index (Phi) is 7.82. The monoisotopic (exact) mass is 598 g/mol. The normalized spacial score (nSPS) is 46.1. The Hall–Kier alpha value is -1.63. The maximum absolute atomic E-state index is 14.2. The van der Waals surface area contributed by atoms with Crippen LogP contribution in [0.2, 0.25) is 0 Å². The summed E-state index contributed by atoms with van der Waals surface area (Å²) < 4.78 is 6.00. The van der Waals surface area contributed by atoms with Gasteiger partial charge in [-0.1, -0.05) is 20.3 Å². The van der Waals surface area contributed by atoms with Gasteiger partial charge in [-0.3, -0.25) is 14.4 Å². The molecule has 6 rings (SSSR count). The number of carbonyl (C=O) groups excluding carboxylic acids is 2. The molecule has 6 aliphatic rings. The van der Waals surface area contributed by atoms with E-state index in [0.29, 0.717) is 29.6 Å². The van der Waals surface area contributed by atoms with Gasteiger partial charge in [0.2, 0.25) is 5.91 Å². The fourth-order valence-electron chi connectivity index (χ4n) is 12.5. The number of hydrogen-bond acceptors (Lipinski definition) is 5. The molecule has 0 aromatic rings. The van der Waals surface area contributed by atoms with Crippen molar-refractivity contribution < 1.29 is 24.2 Å². The van der Waals surface area contributed by atoms with Gasteiger partial charge in [-0.2, -0.15) is 0 Å². The molecule has 1 aliphatic heterocycles. The van der Waals surface area contributed by atoms with Gasteiger partial charge in [0.1, 0.15) is 6.10 Å². The van der Waals surface area contributed by atoms with Crippen molar-refractivity contribution in [2.75, 3.05) is 13.1 Å². The number of carboxylic acid groups (broad SMARTS) is 1. The zero-order valence-electron chi connectivity index (χ0n) is 27.6. The Balaban J connectivity index is 1.19. The van der Waals surface area contributed by atoms with Crippen LogP contribution in [0.3, 0.4) is 0 Å². The van der Waals surface area contributed by atoms with Crippen molar-refractivity contribution in [2.45, 2.75) is 143 Å². The number of esters is 1. The number of carboxylic acids is 1. The minimum Gasteiger partial charge on any atom is -0.481 e. The summed E-state index contributed by atoms with van der Waals surface area (Å²) in [6.45, 7) is 12.2. The van der Waals surface area contributed by atoms with Gasteiger partial charge in [0, 0.05) is 13.1 Å². The van der Waals surface area contributed by atoms with E-state index in [4.69, 9.17) is 10.5 Å². The molecule has 0 aromatic heterocycles. The van der Waals surface area contributed by atoms with Crippen LogP contribution in [-0.2, 0) is 19.1 Å². The van der Waals surface area contributed by atoms with E-state index in [9.17, 15) is 19.5 Å². The van der Waals surface area contributed by atoms with Crippen molar-refractivity contribution in [1.82, 2.24) is 4.90 Å². The van der Waals surface area contributed by atoms with Crippen LogP contribution < -0.4 is 5.73 Å². The average molecular weight is 599 g/mol. The van der Waals surface area contributed by atoms with Crippen LogP contribution in [0.1, 0.15) is 131 Å². The molecule has 0 spiro atoms. The summed E-state index contributed by atoms with van der Waals surface area (Å²) in [7, 11) is 0. The fourth-order valence-corrected chi connectivity index (χ4v) is 12.5. The average Bonchev–Trinajstić information content (AvgIpc) is 3.40. The van der Waals surface area contributed by atoms with Gasteiger partial charge in [0.05, 0.1) is 22.8 Å². The summed E-state index contributed by atoms with van der Waals surface area (Å²) in [6, 6.07) is 0. The van der Waals surface area contributed by atoms with Gasteiger partial charge in [-0.05, 0) is 145 Å². The Bertz CT molecular complexity index is 1130. The molecule has 43 heavy (non-hydrogen) atoms. The summed E-state index contributed by atoms with van der Waals surface area (Å²) in [4.78, 5) is 40.9. The Morgan fingerprint density at radius 2 is 1.51 bits per heavy atom. The van der Waals surface area contributed by atoms with E-state index in [1.54, 1.807) is 13.8 Å². The largest absolute Gasteiger partial charge is 0.481 e. The number of carbonyl (C=O) groups is 3. The second-order valence-corrected chi connectivity index (χ2v) is 17.3. The molecule has 0 aromatic carbocycles. The van der Waals surface area contributed by atoms with Crippen LogP contribution in [0.15, 0.2) is 0 Å². The van der Waals surface area contributed by atoms with Gasteiger partial charge in [-0.25, -0.2) is 0 Å². The number of aliphatic carboxylic acids is 1. The first-order chi connectivity index (χ1) is 20.2. The maximum atomic E-state index is 14.2. The lowest BCUT2D eigenvalue weighted by Crippen LogP contribution is -2.69. The number of rotatable bonds is 5. The molecule has 10 unspecified atom stereocenters. The van der Waals surface area contributed by atoms with E-state index in [1.165, 1.54) is 51.4 Å². The van der Waals surface area contributed by atoms with E-state index in [-0.39, 0.29) is 28.6 Å². The van der Waals surface area contributed by atoms with Crippen molar-refractivity contribution in [3.63, 3.8) is 0 Å². The minimum atomic E-state index is -1.16. The molecular formula is C36H58N2O5. The zero-order valence-corrected chi connectivity index (χ0v) is 27.6. The molecule has 3 N–H and O–H groups in total. The first-order valence-corrected chi connectivity index (χ1v) is 17.7. The predicted molar refractivity (Wildman–Crippen MR) is 166 cm³/mol. The smallest absolute Gasteiger partial charge is 0.309 e. The highest BCUT2D eigenvalue weighted by atomic mass is 16.5. The van der Waals surface area contributed by atoms with Crippen molar-refractivity contribution in [2.24, 2.45) is 57.0 Å². The van der Waals surface area contributed by atoms with Crippen LogP contribution in [0.25, 0.3) is 0 Å². The van der Waals surface area contributed by atoms with E-state index < -0.39 is 29.0 Å². The molecule has 6 fully saturated rings. The number of likely N-dealkylation sites (tertiary alicyclic amines) is 1. The van der Waals surface area contributed by atoms with Crippen LogP contribution in [0.5, 0.6) is 0 Å². The van der Waals surface area contributed by atoms with Crippen molar-refractivity contribution in [3.8, 4) is 0 Å². The van der Waals surface area contributed by atoms with Crippen LogP contribution in [0.4, 0.5) is 0 Å². The van der Waals surface area contributed by atoms with Gasteiger partial charge in [0.25, 0.3) is 0 Å². The summed E-state index contributed by atoms with van der Waals surface area (Å²) in [5, 5.41) is 9.50. The topological polar surface area (TPSA) is 110 Å². The standard InChI is InChI=1S/C36H58N2O5/c1-32(2,31(41)42)22-29(39)43-28-15-18-34(4)26-12-11-23-24(33(26,3)17-14-27(34)35(28,5)37)13-19-36(16-9-10-25(23)36)30(40)38-20-7-6-8-21-38/h23-28H,6-22,37H2,1-5H3,(H,41,42). The lowest BCUT2D eigenvalue weighted by molar-refractivity contribution is -0.208. The number of ether oxygens (including phenoxy) is 1. The van der Waals surface area contributed by atoms with E-state index in [0.717, 1.165) is 51.6 Å². The first-order valence-electron chi connectivity index (χ1n) is 17.7. The molecule has 1 amide bonds. The highest BCUT2D eigenvalue weighted by Crippen LogP contribution is 2.72. The lowest BCUT2D eigenvalue weighted by Gasteiger charge is -2.69. The van der Waals surface area contributed by atoms with Crippen LogP contribution in [0, 0.1) is 51.2 Å². The molecule has 242 valence electrons. The molecule has 10 atom stereocenters.